The number of halogens is 3. The molecule has 134 valence electrons. The van der Waals surface area contributed by atoms with Crippen molar-refractivity contribution in [3.05, 3.63) is 85.6 Å². The molecule has 0 amide bonds. The molecule has 4 nitrogen and oxygen atoms in total. The Morgan fingerprint density at radius 1 is 1.08 bits per heavy atom. The minimum absolute atomic E-state index is 0.0408. The molecule has 0 aliphatic heterocycles. The minimum Gasteiger partial charge on any atom is -0.476 e. The van der Waals surface area contributed by atoms with Crippen LogP contribution < -0.4 is 0 Å². The summed E-state index contributed by atoms with van der Waals surface area (Å²) in [5, 5.41) is 15.4. The van der Waals surface area contributed by atoms with Crippen LogP contribution in [0, 0.1) is 6.92 Å². The number of hydrogen-bond acceptors (Lipinski definition) is 2. The van der Waals surface area contributed by atoms with Crippen LogP contribution in [0.2, 0.25) is 15.1 Å². The van der Waals surface area contributed by atoms with Gasteiger partial charge in [0.05, 0.1) is 6.54 Å². The smallest absolute Gasteiger partial charge is 0.356 e. The van der Waals surface area contributed by atoms with Gasteiger partial charge in [0.25, 0.3) is 0 Å². The molecule has 1 heterocycles. The van der Waals surface area contributed by atoms with Gasteiger partial charge in [-0.3, -0.25) is 4.68 Å². The molecule has 0 radical (unpaired) electrons. The van der Waals surface area contributed by atoms with Gasteiger partial charge in [0, 0.05) is 32.7 Å². The van der Waals surface area contributed by atoms with Gasteiger partial charge in [-0.2, -0.15) is 5.10 Å². The molecule has 0 saturated heterocycles. The van der Waals surface area contributed by atoms with Gasteiger partial charge in [-0.25, -0.2) is 4.79 Å². The molecule has 3 aromatic rings. The Morgan fingerprint density at radius 3 is 2.35 bits per heavy atom. The fourth-order valence-corrected chi connectivity index (χ4v) is 3.35. The van der Waals surface area contributed by atoms with Crippen LogP contribution >= 0.6 is 34.8 Å². The van der Waals surface area contributed by atoms with Gasteiger partial charge in [-0.15, -0.1) is 0 Å². The lowest BCUT2D eigenvalue weighted by Crippen LogP contribution is -2.08. The number of rotatable bonds is 5. The third-order valence-corrected chi connectivity index (χ3v) is 4.98. The highest BCUT2D eigenvalue weighted by molar-refractivity contribution is 6.35. The van der Waals surface area contributed by atoms with Crippen LogP contribution in [-0.4, -0.2) is 20.9 Å². The van der Waals surface area contributed by atoms with Crippen molar-refractivity contribution in [2.24, 2.45) is 0 Å². The summed E-state index contributed by atoms with van der Waals surface area (Å²) in [5.41, 5.74) is 3.32. The van der Waals surface area contributed by atoms with E-state index in [9.17, 15) is 9.90 Å². The number of carboxylic acid groups (broad SMARTS) is 1. The van der Waals surface area contributed by atoms with E-state index in [-0.39, 0.29) is 5.69 Å². The van der Waals surface area contributed by atoms with Gasteiger partial charge in [0.15, 0.2) is 5.69 Å². The molecule has 0 bridgehead atoms. The maximum Gasteiger partial charge on any atom is 0.356 e. The first-order chi connectivity index (χ1) is 12.3. The average molecular weight is 410 g/mol. The van der Waals surface area contributed by atoms with Crippen LogP contribution in [0.4, 0.5) is 0 Å². The second kappa shape index (κ2) is 7.70. The molecule has 2 aromatic carbocycles. The molecule has 1 aromatic heterocycles. The second-order valence-corrected chi connectivity index (χ2v) is 7.20. The summed E-state index contributed by atoms with van der Waals surface area (Å²) in [7, 11) is 0. The molecule has 0 saturated carbocycles. The molecule has 0 fully saturated rings. The quantitative estimate of drug-likeness (QED) is 0.606. The van der Waals surface area contributed by atoms with E-state index < -0.39 is 5.97 Å². The van der Waals surface area contributed by atoms with Gasteiger partial charge in [-0.1, -0.05) is 53.0 Å². The summed E-state index contributed by atoms with van der Waals surface area (Å²) in [6.07, 6.45) is 0.536. The molecule has 0 atom stereocenters. The fraction of sp³-hybridized carbons (Fsp3) is 0.158. The molecule has 0 aliphatic carbocycles. The minimum atomic E-state index is -1.05. The largest absolute Gasteiger partial charge is 0.476 e. The maximum absolute atomic E-state index is 11.5. The summed E-state index contributed by atoms with van der Waals surface area (Å²) < 4.78 is 1.68. The lowest BCUT2D eigenvalue weighted by atomic mass is 10.1. The Hall–Kier alpha value is -2.01. The van der Waals surface area contributed by atoms with Crippen molar-refractivity contribution in [1.82, 2.24) is 9.78 Å². The molecule has 7 heteroatoms. The van der Waals surface area contributed by atoms with E-state index in [0.717, 1.165) is 16.8 Å². The first kappa shape index (κ1) is 18.8. The third-order valence-electron chi connectivity index (χ3n) is 4.14. The number of nitrogens with zero attached hydrogens (tertiary/aromatic N) is 2. The van der Waals surface area contributed by atoms with E-state index in [4.69, 9.17) is 34.8 Å². The van der Waals surface area contributed by atoms with Crippen LogP contribution in [0.3, 0.4) is 0 Å². The standard InChI is InChI=1S/C19H15Cl3N2O2/c1-11-17(8-12-2-5-14(20)6-3-12)24(23-18(11)19(25)26)10-13-4-7-15(21)9-16(13)22/h2-7,9H,8,10H2,1H3,(H,25,26). The SMILES string of the molecule is Cc1c(C(=O)O)nn(Cc2ccc(Cl)cc2Cl)c1Cc1ccc(Cl)cc1. The average Bonchev–Trinajstić information content (AvgIpc) is 2.89. The Kier molecular flexibility index (Phi) is 5.56. The van der Waals surface area contributed by atoms with Crippen molar-refractivity contribution < 1.29 is 9.90 Å². The van der Waals surface area contributed by atoms with Crippen molar-refractivity contribution in [3.63, 3.8) is 0 Å². The van der Waals surface area contributed by atoms with Gasteiger partial charge < -0.3 is 5.11 Å². The number of carboxylic acids is 1. The van der Waals surface area contributed by atoms with Crippen molar-refractivity contribution in [1.29, 1.82) is 0 Å². The van der Waals surface area contributed by atoms with Gasteiger partial charge in [0.1, 0.15) is 0 Å². The summed E-state index contributed by atoms with van der Waals surface area (Å²) in [4.78, 5) is 11.5. The van der Waals surface area contributed by atoms with E-state index in [1.54, 1.807) is 35.9 Å². The monoisotopic (exact) mass is 408 g/mol. The predicted octanol–water partition coefficient (Wildman–Crippen LogP) is 5.49. The molecule has 0 aliphatic rings. The molecule has 26 heavy (non-hydrogen) atoms. The first-order valence-corrected chi connectivity index (χ1v) is 8.96. The lowest BCUT2D eigenvalue weighted by Gasteiger charge is -2.10. The van der Waals surface area contributed by atoms with E-state index in [1.165, 1.54) is 0 Å². The zero-order valence-electron chi connectivity index (χ0n) is 13.8. The molecular formula is C19H15Cl3N2O2. The van der Waals surface area contributed by atoms with Crippen molar-refractivity contribution >= 4 is 40.8 Å². The highest BCUT2D eigenvalue weighted by Gasteiger charge is 2.20. The van der Waals surface area contributed by atoms with Crippen LogP contribution in [0.15, 0.2) is 42.5 Å². The first-order valence-electron chi connectivity index (χ1n) is 7.83. The van der Waals surface area contributed by atoms with Gasteiger partial charge in [-0.05, 0) is 42.3 Å². The number of aromatic carboxylic acids is 1. The summed E-state index contributed by atoms with van der Waals surface area (Å²) in [6.45, 7) is 2.12. The highest BCUT2D eigenvalue weighted by atomic mass is 35.5. The van der Waals surface area contributed by atoms with Crippen LogP contribution in [0.5, 0.6) is 0 Å². The molecule has 0 spiro atoms. The summed E-state index contributed by atoms with van der Waals surface area (Å²) >= 11 is 18.1. The van der Waals surface area contributed by atoms with Crippen LogP contribution in [0.1, 0.15) is 32.9 Å². The van der Waals surface area contributed by atoms with E-state index in [1.807, 2.05) is 18.2 Å². The van der Waals surface area contributed by atoms with Crippen molar-refractivity contribution in [2.45, 2.75) is 19.9 Å². The summed E-state index contributed by atoms with van der Waals surface area (Å²) in [5.74, 6) is -1.05. The zero-order chi connectivity index (χ0) is 18.8. The Balaban J connectivity index is 2.01. The second-order valence-electron chi connectivity index (χ2n) is 5.92. The Labute approximate surface area is 165 Å². The van der Waals surface area contributed by atoms with Crippen molar-refractivity contribution in [2.75, 3.05) is 0 Å². The molecular weight excluding hydrogens is 395 g/mol. The predicted molar refractivity (Wildman–Crippen MR) is 104 cm³/mol. The molecule has 3 rings (SSSR count). The van der Waals surface area contributed by atoms with E-state index in [2.05, 4.69) is 5.10 Å². The lowest BCUT2D eigenvalue weighted by molar-refractivity contribution is 0.0688. The summed E-state index contributed by atoms with van der Waals surface area (Å²) in [6, 6.07) is 12.7. The zero-order valence-corrected chi connectivity index (χ0v) is 16.1. The third kappa shape index (κ3) is 4.04. The normalized spacial score (nSPS) is 10.9. The molecule has 1 N–H and O–H groups in total. The highest BCUT2D eigenvalue weighted by Crippen LogP contribution is 2.25. The van der Waals surface area contributed by atoms with E-state index in [0.29, 0.717) is 33.6 Å². The van der Waals surface area contributed by atoms with Crippen LogP contribution in [-0.2, 0) is 13.0 Å². The number of benzene rings is 2. The van der Waals surface area contributed by atoms with Gasteiger partial charge in [0.2, 0.25) is 0 Å². The van der Waals surface area contributed by atoms with E-state index >= 15 is 0 Å². The van der Waals surface area contributed by atoms with Crippen LogP contribution in [0.25, 0.3) is 0 Å². The maximum atomic E-state index is 11.5. The Morgan fingerprint density at radius 2 is 1.73 bits per heavy atom. The number of hydrogen-bond donors (Lipinski definition) is 1. The van der Waals surface area contributed by atoms with Crippen molar-refractivity contribution in [3.8, 4) is 0 Å². The van der Waals surface area contributed by atoms with Gasteiger partial charge >= 0.3 is 5.97 Å². The topological polar surface area (TPSA) is 55.1 Å². The molecule has 0 unspecified atom stereocenters. The number of carbonyl (C=O) groups is 1. The Bertz CT molecular complexity index is 966. The number of aromatic nitrogens is 2. The fourth-order valence-electron chi connectivity index (χ4n) is 2.75.